The quantitative estimate of drug-likeness (QED) is 0.585. The predicted octanol–water partition coefficient (Wildman–Crippen LogP) is 5.80. The topological polar surface area (TPSA) is 9.23 Å². The summed E-state index contributed by atoms with van der Waals surface area (Å²) in [6.45, 7) is 4.86. The van der Waals surface area contributed by atoms with Crippen molar-refractivity contribution >= 4 is 26.7 Å². The number of hydrogen-bond acceptors (Lipinski definition) is 1. The molecule has 3 rings (SSSR count). The number of ether oxygens (including phenoxy) is 1. The zero-order valence-electron chi connectivity index (χ0n) is 12.2. The van der Waals surface area contributed by atoms with Crippen molar-refractivity contribution in [2.24, 2.45) is 0 Å². The molecule has 0 atom stereocenters. The number of fused-ring (bicyclic) bond motifs is 1. The van der Waals surface area contributed by atoms with Crippen LogP contribution in [0.1, 0.15) is 16.7 Å². The molecule has 0 amide bonds. The first-order valence-electron chi connectivity index (χ1n) is 7.00. The standard InChI is InChI=1S/C19H17BrO/c1-13-3-4-15(9-14(13)2)12-21-19-8-6-16-10-18(20)7-5-17(16)11-19/h3-11H,12H2,1-2H3. The van der Waals surface area contributed by atoms with Gasteiger partial charge in [-0.15, -0.1) is 0 Å². The lowest BCUT2D eigenvalue weighted by molar-refractivity contribution is 0.306. The molecule has 0 aliphatic carbocycles. The van der Waals surface area contributed by atoms with Gasteiger partial charge in [-0.05, 0) is 65.6 Å². The van der Waals surface area contributed by atoms with Crippen LogP contribution in [-0.2, 0) is 6.61 Å². The lowest BCUT2D eigenvalue weighted by Gasteiger charge is -2.09. The van der Waals surface area contributed by atoms with Crippen LogP contribution in [0.3, 0.4) is 0 Å². The van der Waals surface area contributed by atoms with E-state index in [1.807, 2.05) is 6.07 Å². The van der Waals surface area contributed by atoms with E-state index < -0.39 is 0 Å². The number of rotatable bonds is 3. The van der Waals surface area contributed by atoms with Crippen LogP contribution in [0, 0.1) is 13.8 Å². The van der Waals surface area contributed by atoms with Gasteiger partial charge in [0.2, 0.25) is 0 Å². The van der Waals surface area contributed by atoms with Crippen molar-refractivity contribution in [3.63, 3.8) is 0 Å². The van der Waals surface area contributed by atoms with E-state index in [1.54, 1.807) is 0 Å². The molecule has 0 saturated carbocycles. The Labute approximate surface area is 133 Å². The van der Waals surface area contributed by atoms with Gasteiger partial charge in [0.25, 0.3) is 0 Å². The molecule has 21 heavy (non-hydrogen) atoms. The van der Waals surface area contributed by atoms with Crippen LogP contribution in [-0.4, -0.2) is 0 Å². The van der Waals surface area contributed by atoms with Crippen LogP contribution in [0.15, 0.2) is 59.1 Å². The SMILES string of the molecule is Cc1ccc(COc2ccc3cc(Br)ccc3c2)cc1C. The molecule has 106 valence electrons. The molecular formula is C19H17BrO. The summed E-state index contributed by atoms with van der Waals surface area (Å²) >= 11 is 3.49. The minimum atomic E-state index is 0.600. The minimum Gasteiger partial charge on any atom is -0.489 e. The average molecular weight is 341 g/mol. The van der Waals surface area contributed by atoms with Crippen LogP contribution >= 0.6 is 15.9 Å². The Morgan fingerprint density at radius 1 is 0.810 bits per heavy atom. The van der Waals surface area contributed by atoms with Crippen LogP contribution in [0.5, 0.6) is 5.75 Å². The molecule has 1 nitrogen and oxygen atoms in total. The van der Waals surface area contributed by atoms with Crippen LogP contribution < -0.4 is 4.74 Å². The largest absolute Gasteiger partial charge is 0.489 e. The molecule has 0 aliphatic rings. The van der Waals surface area contributed by atoms with Gasteiger partial charge in [0.15, 0.2) is 0 Å². The summed E-state index contributed by atoms with van der Waals surface area (Å²) in [7, 11) is 0. The first-order valence-corrected chi connectivity index (χ1v) is 7.79. The summed E-state index contributed by atoms with van der Waals surface area (Å²) in [6.07, 6.45) is 0. The smallest absolute Gasteiger partial charge is 0.120 e. The highest BCUT2D eigenvalue weighted by molar-refractivity contribution is 9.10. The lowest BCUT2D eigenvalue weighted by Crippen LogP contribution is -1.96. The van der Waals surface area contributed by atoms with Gasteiger partial charge in [-0.3, -0.25) is 0 Å². The molecule has 3 aromatic carbocycles. The van der Waals surface area contributed by atoms with Crippen molar-refractivity contribution in [3.05, 3.63) is 75.8 Å². The van der Waals surface area contributed by atoms with Crippen molar-refractivity contribution in [1.29, 1.82) is 0 Å². The van der Waals surface area contributed by atoms with E-state index in [0.717, 1.165) is 10.2 Å². The maximum Gasteiger partial charge on any atom is 0.120 e. The summed E-state index contributed by atoms with van der Waals surface area (Å²) in [5, 5.41) is 2.40. The Morgan fingerprint density at radius 3 is 2.38 bits per heavy atom. The Morgan fingerprint density at radius 2 is 1.57 bits per heavy atom. The molecule has 0 heterocycles. The van der Waals surface area contributed by atoms with Gasteiger partial charge in [0.1, 0.15) is 12.4 Å². The van der Waals surface area contributed by atoms with Crippen molar-refractivity contribution in [2.75, 3.05) is 0 Å². The van der Waals surface area contributed by atoms with Gasteiger partial charge in [-0.1, -0.05) is 46.3 Å². The molecule has 3 aromatic rings. The molecule has 0 bridgehead atoms. The van der Waals surface area contributed by atoms with Gasteiger partial charge in [-0.25, -0.2) is 0 Å². The summed E-state index contributed by atoms with van der Waals surface area (Å²) in [5.74, 6) is 0.906. The van der Waals surface area contributed by atoms with E-state index in [2.05, 4.69) is 78.3 Å². The van der Waals surface area contributed by atoms with Gasteiger partial charge >= 0.3 is 0 Å². The first-order chi connectivity index (χ1) is 10.1. The highest BCUT2D eigenvalue weighted by Gasteiger charge is 2.01. The van der Waals surface area contributed by atoms with Crippen LogP contribution in [0.4, 0.5) is 0 Å². The number of benzene rings is 3. The fraction of sp³-hybridized carbons (Fsp3) is 0.158. The molecule has 0 radical (unpaired) electrons. The summed E-state index contributed by atoms with van der Waals surface area (Å²) in [6, 6.07) is 18.9. The lowest BCUT2D eigenvalue weighted by atomic mass is 10.1. The molecule has 0 spiro atoms. The monoisotopic (exact) mass is 340 g/mol. The zero-order valence-corrected chi connectivity index (χ0v) is 13.8. The fourth-order valence-corrected chi connectivity index (χ4v) is 2.72. The third kappa shape index (κ3) is 3.27. The summed E-state index contributed by atoms with van der Waals surface area (Å²) < 4.78 is 7.01. The minimum absolute atomic E-state index is 0.600. The van der Waals surface area contributed by atoms with Crippen molar-refractivity contribution in [1.82, 2.24) is 0 Å². The Hall–Kier alpha value is -1.80. The second kappa shape index (κ2) is 5.90. The summed E-state index contributed by atoms with van der Waals surface area (Å²) in [4.78, 5) is 0. The van der Waals surface area contributed by atoms with Crippen LogP contribution in [0.2, 0.25) is 0 Å². The molecule has 0 fully saturated rings. The van der Waals surface area contributed by atoms with E-state index in [-0.39, 0.29) is 0 Å². The molecule has 0 aliphatic heterocycles. The third-order valence-corrected chi connectivity index (χ3v) is 4.24. The van der Waals surface area contributed by atoms with E-state index in [1.165, 1.54) is 27.5 Å². The van der Waals surface area contributed by atoms with Gasteiger partial charge in [0, 0.05) is 4.47 Å². The Balaban J connectivity index is 1.78. The predicted molar refractivity (Wildman–Crippen MR) is 91.9 cm³/mol. The van der Waals surface area contributed by atoms with Crippen molar-refractivity contribution < 1.29 is 4.74 Å². The molecule has 0 saturated heterocycles. The molecule has 2 heteroatoms. The van der Waals surface area contributed by atoms with Crippen molar-refractivity contribution in [3.8, 4) is 5.75 Å². The van der Waals surface area contributed by atoms with E-state index in [9.17, 15) is 0 Å². The second-order valence-corrected chi connectivity index (χ2v) is 6.28. The van der Waals surface area contributed by atoms with Gasteiger partial charge in [0.05, 0.1) is 0 Å². The maximum absolute atomic E-state index is 5.91. The van der Waals surface area contributed by atoms with Gasteiger partial charge in [-0.2, -0.15) is 0 Å². The average Bonchev–Trinajstić information content (AvgIpc) is 2.48. The second-order valence-electron chi connectivity index (χ2n) is 5.36. The Bertz CT molecular complexity index is 793. The normalized spacial score (nSPS) is 10.8. The molecular weight excluding hydrogens is 324 g/mol. The van der Waals surface area contributed by atoms with Crippen LogP contribution in [0.25, 0.3) is 10.8 Å². The number of hydrogen-bond donors (Lipinski definition) is 0. The number of halogens is 1. The number of aryl methyl sites for hydroxylation is 2. The third-order valence-electron chi connectivity index (χ3n) is 3.75. The molecule has 0 unspecified atom stereocenters. The highest BCUT2D eigenvalue weighted by atomic mass is 79.9. The molecule has 0 N–H and O–H groups in total. The van der Waals surface area contributed by atoms with E-state index in [0.29, 0.717) is 6.61 Å². The fourth-order valence-electron chi connectivity index (χ4n) is 2.34. The van der Waals surface area contributed by atoms with E-state index in [4.69, 9.17) is 4.74 Å². The highest BCUT2D eigenvalue weighted by Crippen LogP contribution is 2.24. The van der Waals surface area contributed by atoms with Crippen molar-refractivity contribution in [2.45, 2.75) is 20.5 Å². The van der Waals surface area contributed by atoms with Gasteiger partial charge < -0.3 is 4.74 Å². The maximum atomic E-state index is 5.91. The Kier molecular flexibility index (Phi) is 3.98. The summed E-state index contributed by atoms with van der Waals surface area (Å²) in [5.41, 5.74) is 3.82. The first kappa shape index (κ1) is 14.2. The zero-order chi connectivity index (χ0) is 14.8. The van der Waals surface area contributed by atoms with E-state index >= 15 is 0 Å². The molecule has 0 aromatic heterocycles.